The predicted molar refractivity (Wildman–Crippen MR) is 67.4 cm³/mol. The van der Waals surface area contributed by atoms with Gasteiger partial charge in [0.1, 0.15) is 5.75 Å². The third-order valence-electron chi connectivity index (χ3n) is 2.29. The normalized spacial score (nSPS) is 10.0. The lowest BCUT2D eigenvalue weighted by atomic mass is 10.1. The Hall–Kier alpha value is -2.02. The smallest absolute Gasteiger partial charge is 0.344 e. The highest BCUT2D eigenvalue weighted by molar-refractivity contribution is 5.71. The minimum absolute atomic E-state index is 0.119. The molecule has 0 amide bonds. The molecule has 18 heavy (non-hydrogen) atoms. The summed E-state index contributed by atoms with van der Waals surface area (Å²) in [5, 5.41) is 8.83. The number of hydrogen-bond acceptors (Lipinski definition) is 4. The van der Waals surface area contributed by atoms with Crippen molar-refractivity contribution in [3.63, 3.8) is 0 Å². The zero-order chi connectivity index (χ0) is 13.7. The average molecular weight is 247 g/mol. The molecule has 0 radical (unpaired) electrons. The molecule has 0 aliphatic heterocycles. The van der Waals surface area contributed by atoms with Gasteiger partial charge in [-0.15, -0.1) is 0 Å². The van der Waals surface area contributed by atoms with Crippen molar-refractivity contribution >= 4 is 5.97 Å². The molecule has 0 heterocycles. The fourth-order valence-corrected chi connectivity index (χ4v) is 1.67. The summed E-state index contributed by atoms with van der Waals surface area (Å²) in [6.07, 6.45) is -0.149. The number of hydrogen-bond donors (Lipinski definition) is 0. The van der Waals surface area contributed by atoms with E-state index in [1.165, 1.54) is 0 Å². The van der Waals surface area contributed by atoms with Gasteiger partial charge < -0.3 is 9.47 Å². The zero-order valence-corrected chi connectivity index (χ0v) is 11.1. The number of esters is 1. The van der Waals surface area contributed by atoms with E-state index in [-0.39, 0.29) is 12.7 Å². The Kier molecular flexibility index (Phi) is 4.73. The predicted octanol–water partition coefficient (Wildman–Crippen LogP) is 2.51. The maximum Gasteiger partial charge on any atom is 0.344 e. The number of nitrogens with zero attached hydrogens (tertiary/aromatic N) is 1. The molecule has 0 aromatic heterocycles. The summed E-state index contributed by atoms with van der Waals surface area (Å²) < 4.78 is 10.4. The first-order chi connectivity index (χ1) is 8.43. The lowest BCUT2D eigenvalue weighted by molar-refractivity contribution is -0.149. The summed E-state index contributed by atoms with van der Waals surface area (Å²) in [5.41, 5.74) is 2.26. The average Bonchev–Trinajstić information content (AvgIpc) is 2.26. The number of aryl methyl sites for hydroxylation is 2. The van der Waals surface area contributed by atoms with E-state index in [9.17, 15) is 4.79 Å². The molecule has 0 aliphatic carbocycles. The molecule has 1 aromatic rings. The molecule has 0 bridgehead atoms. The maximum atomic E-state index is 11.4. The van der Waals surface area contributed by atoms with E-state index in [1.54, 1.807) is 26.0 Å². The quantitative estimate of drug-likeness (QED) is 0.767. The van der Waals surface area contributed by atoms with Crippen LogP contribution in [-0.4, -0.2) is 18.7 Å². The third-order valence-corrected chi connectivity index (χ3v) is 2.29. The van der Waals surface area contributed by atoms with E-state index in [0.29, 0.717) is 11.3 Å². The Morgan fingerprint density at radius 3 is 2.33 bits per heavy atom. The standard InChI is InChI=1S/C14H17NO3/c1-9(2)18-13(16)8-17-14-10(3)5-12(7-15)6-11(14)4/h5-6,9H,8H2,1-4H3. The molecule has 0 spiro atoms. The van der Waals surface area contributed by atoms with Crippen LogP contribution in [0.15, 0.2) is 12.1 Å². The fraction of sp³-hybridized carbons (Fsp3) is 0.429. The summed E-state index contributed by atoms with van der Waals surface area (Å²) in [4.78, 5) is 11.4. The van der Waals surface area contributed by atoms with Crippen LogP contribution in [0, 0.1) is 25.2 Å². The van der Waals surface area contributed by atoms with Crippen LogP contribution >= 0.6 is 0 Å². The van der Waals surface area contributed by atoms with Gasteiger partial charge in [-0.3, -0.25) is 0 Å². The highest BCUT2D eigenvalue weighted by atomic mass is 16.6. The molecule has 0 N–H and O–H groups in total. The van der Waals surface area contributed by atoms with Crippen LogP contribution in [0.4, 0.5) is 0 Å². The Bertz CT molecular complexity index is 463. The monoisotopic (exact) mass is 247 g/mol. The third kappa shape index (κ3) is 3.77. The molecule has 0 saturated carbocycles. The second-order valence-electron chi connectivity index (χ2n) is 4.38. The van der Waals surface area contributed by atoms with E-state index in [0.717, 1.165) is 11.1 Å². The second kappa shape index (κ2) is 6.06. The van der Waals surface area contributed by atoms with E-state index in [4.69, 9.17) is 14.7 Å². The van der Waals surface area contributed by atoms with Crippen molar-refractivity contribution in [1.82, 2.24) is 0 Å². The Morgan fingerprint density at radius 1 is 1.33 bits per heavy atom. The minimum atomic E-state index is -0.395. The molecule has 4 heteroatoms. The van der Waals surface area contributed by atoms with E-state index < -0.39 is 5.97 Å². The van der Waals surface area contributed by atoms with Crippen LogP contribution in [0.3, 0.4) is 0 Å². The number of carbonyl (C=O) groups is 1. The molecule has 1 aromatic carbocycles. The summed E-state index contributed by atoms with van der Waals surface area (Å²) >= 11 is 0. The zero-order valence-electron chi connectivity index (χ0n) is 11.1. The van der Waals surface area contributed by atoms with Crippen LogP contribution in [0.1, 0.15) is 30.5 Å². The maximum absolute atomic E-state index is 11.4. The van der Waals surface area contributed by atoms with Gasteiger partial charge in [-0.1, -0.05) is 0 Å². The second-order valence-corrected chi connectivity index (χ2v) is 4.38. The SMILES string of the molecule is Cc1cc(C#N)cc(C)c1OCC(=O)OC(C)C. The van der Waals surface area contributed by atoms with Crippen molar-refractivity contribution in [3.05, 3.63) is 28.8 Å². The molecule has 0 atom stereocenters. The number of ether oxygens (including phenoxy) is 2. The highest BCUT2D eigenvalue weighted by Gasteiger charge is 2.10. The van der Waals surface area contributed by atoms with Gasteiger partial charge in [0.15, 0.2) is 6.61 Å². The Balaban J connectivity index is 2.74. The lowest BCUT2D eigenvalue weighted by Crippen LogP contribution is -2.19. The number of carbonyl (C=O) groups excluding carboxylic acids is 1. The van der Waals surface area contributed by atoms with Gasteiger partial charge in [0.2, 0.25) is 0 Å². The van der Waals surface area contributed by atoms with Gasteiger partial charge in [0.05, 0.1) is 17.7 Å². The number of rotatable bonds is 4. The summed E-state index contributed by atoms with van der Waals surface area (Å²) in [7, 11) is 0. The molecule has 0 saturated heterocycles. The first kappa shape index (κ1) is 14.0. The van der Waals surface area contributed by atoms with Crippen LogP contribution in [0.25, 0.3) is 0 Å². The summed E-state index contributed by atoms with van der Waals surface area (Å²) in [6, 6.07) is 5.54. The molecule has 4 nitrogen and oxygen atoms in total. The Labute approximate surface area is 107 Å². The minimum Gasteiger partial charge on any atom is -0.481 e. The van der Waals surface area contributed by atoms with Crippen molar-refractivity contribution in [2.24, 2.45) is 0 Å². The van der Waals surface area contributed by atoms with E-state index in [2.05, 4.69) is 6.07 Å². The first-order valence-corrected chi connectivity index (χ1v) is 5.77. The Morgan fingerprint density at radius 2 is 1.89 bits per heavy atom. The highest BCUT2D eigenvalue weighted by Crippen LogP contribution is 2.24. The topological polar surface area (TPSA) is 59.3 Å². The van der Waals surface area contributed by atoms with Gasteiger partial charge >= 0.3 is 5.97 Å². The van der Waals surface area contributed by atoms with E-state index in [1.807, 2.05) is 13.8 Å². The van der Waals surface area contributed by atoms with Gasteiger partial charge in [0.25, 0.3) is 0 Å². The molecule has 0 fully saturated rings. The van der Waals surface area contributed by atoms with Crippen molar-refractivity contribution in [2.45, 2.75) is 33.8 Å². The molecular weight excluding hydrogens is 230 g/mol. The summed E-state index contributed by atoms with van der Waals surface area (Å²) in [5.74, 6) is 0.239. The number of nitriles is 1. The first-order valence-electron chi connectivity index (χ1n) is 5.77. The van der Waals surface area contributed by atoms with Crippen LogP contribution in [0.2, 0.25) is 0 Å². The number of benzene rings is 1. The fourth-order valence-electron chi connectivity index (χ4n) is 1.67. The van der Waals surface area contributed by atoms with Gasteiger partial charge in [-0.05, 0) is 51.0 Å². The van der Waals surface area contributed by atoms with Crippen molar-refractivity contribution in [3.8, 4) is 11.8 Å². The molecule has 1 rings (SSSR count). The largest absolute Gasteiger partial charge is 0.481 e. The van der Waals surface area contributed by atoms with Crippen LogP contribution in [0.5, 0.6) is 5.75 Å². The molecule has 0 unspecified atom stereocenters. The lowest BCUT2D eigenvalue weighted by Gasteiger charge is -2.13. The molecule has 0 aliphatic rings. The van der Waals surface area contributed by atoms with Crippen LogP contribution < -0.4 is 4.74 Å². The van der Waals surface area contributed by atoms with Crippen molar-refractivity contribution in [2.75, 3.05) is 6.61 Å². The molecular formula is C14H17NO3. The van der Waals surface area contributed by atoms with Gasteiger partial charge in [0, 0.05) is 0 Å². The van der Waals surface area contributed by atoms with Gasteiger partial charge in [-0.25, -0.2) is 4.79 Å². The van der Waals surface area contributed by atoms with Crippen molar-refractivity contribution < 1.29 is 14.3 Å². The summed E-state index contributed by atoms with van der Waals surface area (Å²) in [6.45, 7) is 7.14. The van der Waals surface area contributed by atoms with Gasteiger partial charge in [-0.2, -0.15) is 5.26 Å². The van der Waals surface area contributed by atoms with Crippen molar-refractivity contribution in [1.29, 1.82) is 5.26 Å². The van der Waals surface area contributed by atoms with E-state index >= 15 is 0 Å². The molecule has 96 valence electrons. The van der Waals surface area contributed by atoms with Crippen LogP contribution in [-0.2, 0) is 9.53 Å².